The van der Waals surface area contributed by atoms with Crippen LogP contribution >= 0.6 is 23.4 Å². The van der Waals surface area contributed by atoms with Crippen molar-refractivity contribution in [2.75, 3.05) is 5.32 Å². The quantitative estimate of drug-likeness (QED) is 0.613. The number of hydrogen-bond acceptors (Lipinski definition) is 5. The molecule has 0 radical (unpaired) electrons. The number of rotatable bonds is 6. The first-order chi connectivity index (χ1) is 12.9. The van der Waals surface area contributed by atoms with Gasteiger partial charge in [-0.05, 0) is 65.2 Å². The van der Waals surface area contributed by atoms with E-state index >= 15 is 0 Å². The Morgan fingerprint density at radius 2 is 1.74 bits per heavy atom. The summed E-state index contributed by atoms with van der Waals surface area (Å²) in [4.78, 5) is 12.4. The SMILES string of the molecule is CC(C)c1ccc(-n2nnnc2S[C@@H](C)C(=O)Nc2ccc(Cl)cc2)cc1. The summed E-state index contributed by atoms with van der Waals surface area (Å²) in [6.45, 7) is 6.11. The summed E-state index contributed by atoms with van der Waals surface area (Å²) in [5.74, 6) is 0.324. The fourth-order valence-electron chi connectivity index (χ4n) is 2.40. The van der Waals surface area contributed by atoms with Crippen molar-refractivity contribution in [1.29, 1.82) is 0 Å². The third-order valence-electron chi connectivity index (χ3n) is 4.01. The Kier molecular flexibility index (Phi) is 6.13. The minimum absolute atomic E-state index is 0.132. The molecule has 1 aromatic heterocycles. The molecule has 3 rings (SSSR count). The highest BCUT2D eigenvalue weighted by Crippen LogP contribution is 2.25. The van der Waals surface area contributed by atoms with Crippen molar-refractivity contribution in [2.24, 2.45) is 0 Å². The lowest BCUT2D eigenvalue weighted by Crippen LogP contribution is -2.22. The molecule has 0 spiro atoms. The summed E-state index contributed by atoms with van der Waals surface area (Å²) in [5.41, 5.74) is 2.80. The minimum atomic E-state index is -0.375. The summed E-state index contributed by atoms with van der Waals surface area (Å²) in [5, 5.41) is 15.5. The Hall–Kier alpha value is -2.38. The molecule has 0 bridgehead atoms. The highest BCUT2D eigenvalue weighted by molar-refractivity contribution is 8.00. The normalized spacial score (nSPS) is 12.2. The highest BCUT2D eigenvalue weighted by atomic mass is 35.5. The Morgan fingerprint density at radius 1 is 1.07 bits per heavy atom. The molecule has 0 unspecified atom stereocenters. The molecule has 3 aromatic rings. The molecule has 0 aliphatic carbocycles. The van der Waals surface area contributed by atoms with Crippen molar-refractivity contribution < 1.29 is 4.79 Å². The fraction of sp³-hybridized carbons (Fsp3) is 0.263. The first-order valence-electron chi connectivity index (χ1n) is 8.56. The van der Waals surface area contributed by atoms with Gasteiger partial charge < -0.3 is 5.32 Å². The van der Waals surface area contributed by atoms with E-state index in [9.17, 15) is 4.79 Å². The fourth-order valence-corrected chi connectivity index (χ4v) is 3.34. The molecule has 27 heavy (non-hydrogen) atoms. The van der Waals surface area contributed by atoms with Crippen LogP contribution in [-0.2, 0) is 4.79 Å². The van der Waals surface area contributed by atoms with E-state index in [1.807, 2.05) is 19.1 Å². The molecule has 0 saturated heterocycles. The number of thioether (sulfide) groups is 1. The van der Waals surface area contributed by atoms with Crippen LogP contribution in [0.5, 0.6) is 0 Å². The van der Waals surface area contributed by atoms with E-state index in [4.69, 9.17) is 11.6 Å². The zero-order valence-corrected chi connectivity index (χ0v) is 16.8. The molecule has 6 nitrogen and oxygen atoms in total. The third-order valence-corrected chi connectivity index (χ3v) is 5.29. The number of anilines is 1. The molecular weight excluding hydrogens is 382 g/mol. The van der Waals surface area contributed by atoms with Crippen LogP contribution in [0.15, 0.2) is 53.7 Å². The molecule has 0 aliphatic heterocycles. The number of benzene rings is 2. The standard InChI is InChI=1S/C19H20ClN5OS/c1-12(2)14-4-10-17(11-5-14)25-19(22-23-24-25)27-13(3)18(26)21-16-8-6-15(20)7-9-16/h4-13H,1-3H3,(H,21,26)/t13-/m0/s1. The van der Waals surface area contributed by atoms with Gasteiger partial charge in [-0.1, -0.05) is 49.3 Å². The number of amides is 1. The van der Waals surface area contributed by atoms with Crippen LogP contribution in [-0.4, -0.2) is 31.4 Å². The van der Waals surface area contributed by atoms with Crippen LogP contribution in [0.25, 0.3) is 5.69 Å². The molecule has 0 saturated carbocycles. The molecule has 2 aromatic carbocycles. The maximum atomic E-state index is 12.4. The van der Waals surface area contributed by atoms with Crippen LogP contribution < -0.4 is 5.32 Å². The molecular formula is C19H20ClN5OS. The van der Waals surface area contributed by atoms with Crippen LogP contribution in [0.3, 0.4) is 0 Å². The van der Waals surface area contributed by atoms with Gasteiger partial charge in [0.2, 0.25) is 11.1 Å². The lowest BCUT2D eigenvalue weighted by Gasteiger charge is -2.12. The second kappa shape index (κ2) is 8.54. The number of nitrogens with one attached hydrogen (secondary N) is 1. The Bertz CT molecular complexity index is 909. The predicted octanol–water partition coefficient (Wildman–Crippen LogP) is 4.56. The van der Waals surface area contributed by atoms with Crippen molar-refractivity contribution in [3.63, 3.8) is 0 Å². The average molecular weight is 402 g/mol. The molecule has 8 heteroatoms. The third kappa shape index (κ3) is 4.87. The van der Waals surface area contributed by atoms with Gasteiger partial charge in [0, 0.05) is 10.7 Å². The number of carbonyl (C=O) groups excluding carboxylic acids is 1. The van der Waals surface area contributed by atoms with Crippen molar-refractivity contribution in [3.8, 4) is 5.69 Å². The summed E-state index contributed by atoms with van der Waals surface area (Å²) >= 11 is 7.17. The second-order valence-corrected chi connectivity index (χ2v) is 8.12. The van der Waals surface area contributed by atoms with E-state index in [0.29, 0.717) is 21.8 Å². The van der Waals surface area contributed by atoms with E-state index in [2.05, 4.69) is 46.8 Å². The first kappa shape index (κ1) is 19.4. The minimum Gasteiger partial charge on any atom is -0.325 e. The van der Waals surface area contributed by atoms with Crippen LogP contribution in [0, 0.1) is 0 Å². The van der Waals surface area contributed by atoms with E-state index in [-0.39, 0.29) is 11.2 Å². The van der Waals surface area contributed by atoms with Gasteiger partial charge in [0.1, 0.15) is 0 Å². The van der Waals surface area contributed by atoms with Gasteiger partial charge in [-0.25, -0.2) is 0 Å². The summed E-state index contributed by atoms with van der Waals surface area (Å²) in [7, 11) is 0. The maximum absolute atomic E-state index is 12.4. The van der Waals surface area contributed by atoms with Gasteiger partial charge in [0.25, 0.3) is 0 Å². The second-order valence-electron chi connectivity index (χ2n) is 6.38. The highest BCUT2D eigenvalue weighted by Gasteiger charge is 2.19. The zero-order chi connectivity index (χ0) is 19.4. The molecule has 1 N–H and O–H groups in total. The van der Waals surface area contributed by atoms with Crippen molar-refractivity contribution in [1.82, 2.24) is 20.2 Å². The van der Waals surface area contributed by atoms with Crippen LogP contribution in [0.4, 0.5) is 5.69 Å². The monoisotopic (exact) mass is 401 g/mol. The van der Waals surface area contributed by atoms with Gasteiger partial charge in [0.05, 0.1) is 10.9 Å². The molecule has 140 valence electrons. The molecule has 0 aliphatic rings. The summed E-state index contributed by atoms with van der Waals surface area (Å²) in [6.07, 6.45) is 0. The molecule has 1 amide bonds. The molecule has 1 atom stereocenters. The van der Waals surface area contributed by atoms with Crippen molar-refractivity contribution in [3.05, 3.63) is 59.1 Å². The Morgan fingerprint density at radius 3 is 2.37 bits per heavy atom. The van der Waals surface area contributed by atoms with Crippen LogP contribution in [0.2, 0.25) is 5.02 Å². The van der Waals surface area contributed by atoms with Crippen molar-refractivity contribution in [2.45, 2.75) is 37.1 Å². The number of aromatic nitrogens is 4. The Labute approximate surface area is 167 Å². The number of nitrogens with zero attached hydrogens (tertiary/aromatic N) is 4. The van der Waals surface area contributed by atoms with Crippen molar-refractivity contribution >= 4 is 35.0 Å². The lowest BCUT2D eigenvalue weighted by molar-refractivity contribution is -0.115. The molecule has 1 heterocycles. The number of carbonyl (C=O) groups is 1. The van der Waals surface area contributed by atoms with E-state index < -0.39 is 0 Å². The van der Waals surface area contributed by atoms with Gasteiger partial charge in [-0.2, -0.15) is 4.68 Å². The average Bonchev–Trinajstić information content (AvgIpc) is 3.11. The number of hydrogen-bond donors (Lipinski definition) is 1. The smallest absolute Gasteiger partial charge is 0.237 e. The zero-order valence-electron chi connectivity index (χ0n) is 15.3. The van der Waals surface area contributed by atoms with E-state index in [1.165, 1.54) is 17.3 Å². The van der Waals surface area contributed by atoms with Gasteiger partial charge in [-0.3, -0.25) is 4.79 Å². The Balaban J connectivity index is 1.69. The number of halogens is 1. The van der Waals surface area contributed by atoms with Gasteiger partial charge in [0.15, 0.2) is 0 Å². The maximum Gasteiger partial charge on any atom is 0.237 e. The lowest BCUT2D eigenvalue weighted by atomic mass is 10.0. The number of tetrazole rings is 1. The van der Waals surface area contributed by atoms with E-state index in [0.717, 1.165) is 5.69 Å². The largest absolute Gasteiger partial charge is 0.325 e. The summed E-state index contributed by atoms with van der Waals surface area (Å²) in [6, 6.07) is 15.1. The first-order valence-corrected chi connectivity index (χ1v) is 9.81. The summed E-state index contributed by atoms with van der Waals surface area (Å²) < 4.78 is 1.64. The topological polar surface area (TPSA) is 72.7 Å². The van der Waals surface area contributed by atoms with Crippen LogP contribution in [0.1, 0.15) is 32.3 Å². The predicted molar refractivity (Wildman–Crippen MR) is 109 cm³/mol. The van der Waals surface area contributed by atoms with Gasteiger partial charge >= 0.3 is 0 Å². The molecule has 0 fully saturated rings. The van der Waals surface area contributed by atoms with Gasteiger partial charge in [-0.15, -0.1) is 5.10 Å². The van der Waals surface area contributed by atoms with E-state index in [1.54, 1.807) is 28.9 Å².